The zero-order valence-electron chi connectivity index (χ0n) is 9.64. The van der Waals surface area contributed by atoms with Gasteiger partial charge in [-0.2, -0.15) is 0 Å². The average molecular weight is 249 g/mol. The Bertz CT molecular complexity index is 235. The van der Waals surface area contributed by atoms with Crippen LogP contribution in [-0.4, -0.2) is 40.7 Å². The number of rotatable bonds is 8. The lowest BCUT2D eigenvalue weighted by molar-refractivity contribution is -0.142. The molecule has 0 spiro atoms. The molecule has 0 saturated heterocycles. The topological polar surface area (TPSA) is 89.6 Å². The van der Waals surface area contributed by atoms with Gasteiger partial charge in [-0.15, -0.1) is 11.8 Å². The summed E-state index contributed by atoms with van der Waals surface area (Å²) in [6.45, 7) is 4.04. The Morgan fingerprint density at radius 3 is 2.50 bits per heavy atom. The summed E-state index contributed by atoms with van der Waals surface area (Å²) in [6, 6.07) is -0.932. The molecule has 0 rings (SSSR count). The van der Waals surface area contributed by atoms with Gasteiger partial charge in [0.15, 0.2) is 0 Å². The molecule has 0 aromatic rings. The van der Waals surface area contributed by atoms with Crippen LogP contribution in [0.15, 0.2) is 0 Å². The number of carbonyl (C=O) groups is 2. The molecule has 0 aliphatic carbocycles. The van der Waals surface area contributed by atoms with Crippen LogP contribution in [0.5, 0.6) is 0 Å². The minimum atomic E-state index is -1.05. The second-order valence-electron chi connectivity index (χ2n) is 3.31. The number of ether oxygens (including phenoxy) is 1. The first-order valence-electron chi connectivity index (χ1n) is 5.29. The molecule has 0 aromatic heterocycles. The number of aliphatic carboxylic acids is 1. The third kappa shape index (κ3) is 5.97. The first kappa shape index (κ1) is 15.2. The van der Waals surface area contributed by atoms with Crippen LogP contribution in [-0.2, 0) is 14.3 Å². The van der Waals surface area contributed by atoms with E-state index in [1.807, 2.05) is 6.92 Å². The molecular formula is C10H19NO4S. The Morgan fingerprint density at radius 1 is 1.44 bits per heavy atom. The molecule has 6 heteroatoms. The summed E-state index contributed by atoms with van der Waals surface area (Å²) in [5, 5.41) is 8.30. The van der Waals surface area contributed by atoms with Crippen LogP contribution >= 0.6 is 11.8 Å². The first-order chi connectivity index (χ1) is 7.52. The van der Waals surface area contributed by atoms with E-state index in [4.69, 9.17) is 15.6 Å². The summed E-state index contributed by atoms with van der Waals surface area (Å²) >= 11 is 1.25. The highest BCUT2D eigenvalue weighted by Gasteiger charge is 2.22. The number of carboxylic acid groups (broad SMARTS) is 1. The zero-order chi connectivity index (χ0) is 12.6. The molecule has 0 bridgehead atoms. The molecule has 0 aliphatic heterocycles. The van der Waals surface area contributed by atoms with Crippen molar-refractivity contribution in [3.63, 3.8) is 0 Å². The van der Waals surface area contributed by atoms with Gasteiger partial charge in [-0.05, 0) is 13.3 Å². The van der Waals surface area contributed by atoms with E-state index in [0.29, 0.717) is 13.0 Å². The van der Waals surface area contributed by atoms with Crippen molar-refractivity contribution in [2.75, 3.05) is 12.4 Å². The maximum atomic E-state index is 11.5. The van der Waals surface area contributed by atoms with E-state index in [0.717, 1.165) is 6.42 Å². The van der Waals surface area contributed by atoms with Gasteiger partial charge in [-0.1, -0.05) is 13.3 Å². The molecule has 2 unspecified atom stereocenters. The van der Waals surface area contributed by atoms with Crippen molar-refractivity contribution in [3.8, 4) is 0 Å². The molecule has 16 heavy (non-hydrogen) atoms. The molecule has 0 aromatic carbocycles. The van der Waals surface area contributed by atoms with Crippen LogP contribution in [0.2, 0.25) is 0 Å². The quantitative estimate of drug-likeness (QED) is 0.620. The van der Waals surface area contributed by atoms with Gasteiger partial charge in [0.1, 0.15) is 11.3 Å². The van der Waals surface area contributed by atoms with Crippen molar-refractivity contribution in [3.05, 3.63) is 0 Å². The number of hydrogen-bond acceptors (Lipinski definition) is 5. The molecule has 0 amide bonds. The highest BCUT2D eigenvalue weighted by atomic mass is 32.2. The van der Waals surface area contributed by atoms with Crippen molar-refractivity contribution >= 4 is 23.7 Å². The molecule has 3 N–H and O–H groups in total. The normalized spacial score (nSPS) is 14.2. The number of carboxylic acids is 1. The van der Waals surface area contributed by atoms with Crippen molar-refractivity contribution in [1.29, 1.82) is 0 Å². The monoisotopic (exact) mass is 249 g/mol. The van der Waals surface area contributed by atoms with Gasteiger partial charge < -0.3 is 15.6 Å². The maximum Gasteiger partial charge on any atom is 0.321 e. The smallest absolute Gasteiger partial charge is 0.321 e. The van der Waals surface area contributed by atoms with E-state index in [9.17, 15) is 9.59 Å². The Hall–Kier alpha value is -0.750. The van der Waals surface area contributed by atoms with Crippen molar-refractivity contribution in [2.24, 2.45) is 5.73 Å². The summed E-state index contributed by atoms with van der Waals surface area (Å²) in [7, 11) is 0. The highest BCUT2D eigenvalue weighted by molar-refractivity contribution is 8.00. The molecule has 0 heterocycles. The van der Waals surface area contributed by atoms with E-state index in [1.165, 1.54) is 11.8 Å². The number of carbonyl (C=O) groups excluding carboxylic acids is 1. The summed E-state index contributed by atoms with van der Waals surface area (Å²) in [5.74, 6) is -1.11. The Labute approximate surface area is 99.7 Å². The van der Waals surface area contributed by atoms with Crippen LogP contribution in [0.1, 0.15) is 26.7 Å². The minimum Gasteiger partial charge on any atom is -0.480 e. The maximum absolute atomic E-state index is 11.5. The molecule has 0 saturated carbocycles. The number of esters is 1. The van der Waals surface area contributed by atoms with Gasteiger partial charge in [-0.3, -0.25) is 9.59 Å². The van der Waals surface area contributed by atoms with Crippen LogP contribution < -0.4 is 5.73 Å². The number of thioether (sulfide) groups is 1. The number of nitrogens with two attached hydrogens (primary N) is 1. The van der Waals surface area contributed by atoms with Gasteiger partial charge >= 0.3 is 11.9 Å². The Balaban J connectivity index is 4.12. The van der Waals surface area contributed by atoms with Gasteiger partial charge in [0.2, 0.25) is 0 Å². The first-order valence-corrected chi connectivity index (χ1v) is 6.34. The summed E-state index contributed by atoms with van der Waals surface area (Å²) < 4.78 is 4.90. The van der Waals surface area contributed by atoms with Crippen LogP contribution in [0, 0.1) is 0 Å². The third-order valence-electron chi connectivity index (χ3n) is 1.89. The lowest BCUT2D eigenvalue weighted by atomic mass is 10.2. The zero-order valence-corrected chi connectivity index (χ0v) is 10.5. The van der Waals surface area contributed by atoms with E-state index in [2.05, 4.69) is 0 Å². The summed E-state index contributed by atoms with van der Waals surface area (Å²) in [5.41, 5.74) is 5.36. The van der Waals surface area contributed by atoms with E-state index in [1.54, 1.807) is 6.92 Å². The fraction of sp³-hybridized carbons (Fsp3) is 0.800. The molecule has 0 aliphatic rings. The second-order valence-corrected chi connectivity index (χ2v) is 4.54. The minimum absolute atomic E-state index is 0.221. The lowest BCUT2D eigenvalue weighted by Crippen LogP contribution is -2.34. The molecule has 0 fully saturated rings. The second kappa shape index (κ2) is 8.41. The van der Waals surface area contributed by atoms with Crippen molar-refractivity contribution in [1.82, 2.24) is 0 Å². The third-order valence-corrected chi connectivity index (χ3v) is 3.28. The van der Waals surface area contributed by atoms with Crippen LogP contribution in [0.3, 0.4) is 0 Å². The standard InChI is InChI=1S/C10H19NO4S/c1-3-5-8(10(14)15-4-2)16-6-7(11)9(12)13/h7-8H,3-6,11H2,1-2H3,(H,12,13). The van der Waals surface area contributed by atoms with Crippen LogP contribution in [0.4, 0.5) is 0 Å². The average Bonchev–Trinajstić information content (AvgIpc) is 2.23. The molecule has 5 nitrogen and oxygen atoms in total. The highest BCUT2D eigenvalue weighted by Crippen LogP contribution is 2.18. The molecule has 0 radical (unpaired) electrons. The van der Waals surface area contributed by atoms with E-state index >= 15 is 0 Å². The Kier molecular flexibility index (Phi) is 8.01. The van der Waals surface area contributed by atoms with Gasteiger partial charge in [-0.25, -0.2) is 0 Å². The van der Waals surface area contributed by atoms with Gasteiger partial charge in [0.25, 0.3) is 0 Å². The Morgan fingerprint density at radius 2 is 2.06 bits per heavy atom. The lowest BCUT2D eigenvalue weighted by Gasteiger charge is -2.15. The predicted octanol–water partition coefficient (Wildman–Crippen LogP) is 0.863. The molecular weight excluding hydrogens is 230 g/mol. The van der Waals surface area contributed by atoms with Gasteiger partial charge in [0.05, 0.1) is 6.61 Å². The fourth-order valence-electron chi connectivity index (χ4n) is 1.06. The fourth-order valence-corrected chi connectivity index (χ4v) is 2.25. The van der Waals surface area contributed by atoms with Crippen molar-refractivity contribution < 1.29 is 19.4 Å². The van der Waals surface area contributed by atoms with E-state index in [-0.39, 0.29) is 17.0 Å². The molecule has 2 atom stereocenters. The van der Waals surface area contributed by atoms with Gasteiger partial charge in [0, 0.05) is 5.75 Å². The molecule has 94 valence electrons. The number of hydrogen-bond donors (Lipinski definition) is 2. The summed E-state index contributed by atoms with van der Waals surface area (Å²) in [6.07, 6.45) is 1.52. The van der Waals surface area contributed by atoms with E-state index < -0.39 is 12.0 Å². The van der Waals surface area contributed by atoms with Crippen molar-refractivity contribution in [2.45, 2.75) is 38.0 Å². The largest absolute Gasteiger partial charge is 0.480 e. The predicted molar refractivity (Wildman–Crippen MR) is 63.4 cm³/mol. The summed E-state index contributed by atoms with van der Waals surface area (Å²) in [4.78, 5) is 22.0. The van der Waals surface area contributed by atoms with Crippen LogP contribution in [0.25, 0.3) is 0 Å². The SMILES string of the molecule is CCCC(SCC(N)C(=O)O)C(=O)OCC.